The van der Waals surface area contributed by atoms with Crippen LogP contribution in [0.2, 0.25) is 0 Å². The number of aromatic nitrogens is 2. The maximum Gasteiger partial charge on any atom is 0.112 e. The van der Waals surface area contributed by atoms with Gasteiger partial charge in [-0.15, -0.1) is 0 Å². The van der Waals surface area contributed by atoms with E-state index in [2.05, 4.69) is 11.6 Å². The fourth-order valence-corrected chi connectivity index (χ4v) is 2.59. The maximum atomic E-state index is 9.12. The summed E-state index contributed by atoms with van der Waals surface area (Å²) in [6.07, 6.45) is 3.81. The molecule has 0 aliphatic heterocycles. The second-order valence-electron chi connectivity index (χ2n) is 5.19. The first kappa shape index (κ1) is 11.7. The van der Waals surface area contributed by atoms with E-state index < -0.39 is 0 Å². The molecule has 1 heterocycles. The first-order valence-electron chi connectivity index (χ1n) is 6.53. The van der Waals surface area contributed by atoms with Crippen molar-refractivity contribution in [2.24, 2.45) is 12.8 Å². The molecule has 0 spiro atoms. The summed E-state index contributed by atoms with van der Waals surface area (Å²) in [4.78, 5) is 4.72. The van der Waals surface area contributed by atoms with Crippen LogP contribution in [0.5, 0.6) is 0 Å². The van der Waals surface area contributed by atoms with E-state index in [1.165, 1.54) is 25.1 Å². The van der Waals surface area contributed by atoms with Crippen LogP contribution in [0.15, 0.2) is 18.2 Å². The van der Waals surface area contributed by atoms with Crippen LogP contribution in [-0.2, 0) is 7.05 Å². The normalized spacial score (nSPS) is 17.9. The van der Waals surface area contributed by atoms with Gasteiger partial charge in [0.25, 0.3) is 0 Å². The fraction of sp³-hybridized carbons (Fsp3) is 0.500. The number of fused-ring (bicyclic) bond motifs is 1. The third-order valence-corrected chi connectivity index (χ3v) is 4.03. The lowest BCUT2D eigenvalue weighted by molar-refractivity contribution is 0.268. The van der Waals surface area contributed by atoms with E-state index in [4.69, 9.17) is 15.8 Å². The predicted molar refractivity (Wildman–Crippen MR) is 71.3 cm³/mol. The molecule has 4 heteroatoms. The quantitative estimate of drug-likeness (QED) is 0.867. The molecule has 1 aromatic carbocycles. The highest BCUT2D eigenvalue weighted by molar-refractivity contribution is 5.77. The van der Waals surface area contributed by atoms with Crippen LogP contribution in [0.3, 0.4) is 0 Å². The number of nitrogens with two attached hydrogens (primary N) is 1. The molecule has 18 heavy (non-hydrogen) atoms. The zero-order valence-electron chi connectivity index (χ0n) is 10.6. The minimum Gasteiger partial charge on any atom is -0.394 e. The largest absolute Gasteiger partial charge is 0.394 e. The van der Waals surface area contributed by atoms with Gasteiger partial charge in [0, 0.05) is 13.0 Å². The highest BCUT2D eigenvalue weighted by atomic mass is 16.3. The van der Waals surface area contributed by atoms with E-state index in [1.54, 1.807) is 0 Å². The van der Waals surface area contributed by atoms with Crippen molar-refractivity contribution in [2.45, 2.75) is 31.2 Å². The third kappa shape index (κ3) is 1.72. The number of aliphatic hydroxyl groups excluding tert-OH is 1. The Morgan fingerprint density at radius 3 is 2.89 bits per heavy atom. The van der Waals surface area contributed by atoms with Crippen LogP contribution in [0.25, 0.3) is 11.0 Å². The average molecular weight is 245 g/mol. The van der Waals surface area contributed by atoms with E-state index in [1.807, 2.05) is 18.2 Å². The molecule has 1 saturated carbocycles. The monoisotopic (exact) mass is 245 g/mol. The summed E-state index contributed by atoms with van der Waals surface area (Å²) >= 11 is 0. The Morgan fingerprint density at radius 1 is 1.50 bits per heavy atom. The van der Waals surface area contributed by atoms with Gasteiger partial charge in [0.2, 0.25) is 0 Å². The van der Waals surface area contributed by atoms with Gasteiger partial charge in [-0.3, -0.25) is 0 Å². The molecule has 1 aliphatic rings. The summed E-state index contributed by atoms with van der Waals surface area (Å²) in [6.45, 7) is -0.0289. The Labute approximate surface area is 106 Å². The molecule has 2 aromatic rings. The lowest BCUT2D eigenvalue weighted by Crippen LogP contribution is -2.14. The molecule has 0 amide bonds. The lowest BCUT2D eigenvalue weighted by atomic mass is 9.85. The fourth-order valence-electron chi connectivity index (χ4n) is 2.59. The Hall–Kier alpha value is -1.39. The molecule has 0 bridgehead atoms. The zero-order valence-corrected chi connectivity index (χ0v) is 10.6. The summed E-state index contributed by atoms with van der Waals surface area (Å²) in [5.41, 5.74) is 8.96. The van der Waals surface area contributed by atoms with Crippen LogP contribution in [0.4, 0.5) is 0 Å². The number of hydrogen-bond donors (Lipinski definition) is 2. The molecule has 0 radical (unpaired) electrons. The van der Waals surface area contributed by atoms with Crippen molar-refractivity contribution < 1.29 is 5.11 Å². The minimum absolute atomic E-state index is 0.0289. The smallest absolute Gasteiger partial charge is 0.112 e. The Morgan fingerprint density at radius 2 is 2.28 bits per heavy atom. The minimum atomic E-state index is -0.309. The van der Waals surface area contributed by atoms with E-state index in [-0.39, 0.29) is 12.6 Å². The van der Waals surface area contributed by atoms with Crippen LogP contribution in [0, 0.1) is 0 Å². The van der Waals surface area contributed by atoms with Gasteiger partial charge in [-0.25, -0.2) is 4.98 Å². The standard InChI is InChI=1S/C14H19N3O/c1-17-13-7-10(11(15)8-18)5-6-12(13)16-14(17)9-3-2-4-9/h5-7,9,11,18H,2-4,8,15H2,1H3. The molecule has 1 unspecified atom stereocenters. The highest BCUT2D eigenvalue weighted by Crippen LogP contribution is 2.36. The number of rotatable bonds is 3. The first-order chi connectivity index (χ1) is 8.70. The second kappa shape index (κ2) is 4.37. The summed E-state index contributed by atoms with van der Waals surface area (Å²) in [5.74, 6) is 1.81. The summed E-state index contributed by atoms with van der Waals surface area (Å²) < 4.78 is 2.17. The molecule has 1 aromatic heterocycles. The lowest BCUT2D eigenvalue weighted by Gasteiger charge is -2.24. The van der Waals surface area contributed by atoms with E-state index in [0.717, 1.165) is 16.6 Å². The van der Waals surface area contributed by atoms with Crippen molar-refractivity contribution in [2.75, 3.05) is 6.61 Å². The van der Waals surface area contributed by atoms with Gasteiger partial charge in [-0.1, -0.05) is 12.5 Å². The number of benzene rings is 1. The summed E-state index contributed by atoms with van der Waals surface area (Å²) in [5, 5.41) is 9.12. The Balaban J connectivity index is 2.07. The molecular weight excluding hydrogens is 226 g/mol. The van der Waals surface area contributed by atoms with E-state index >= 15 is 0 Å². The number of aryl methyl sites for hydroxylation is 1. The van der Waals surface area contributed by atoms with E-state index in [0.29, 0.717) is 5.92 Å². The van der Waals surface area contributed by atoms with Gasteiger partial charge in [0.05, 0.1) is 23.7 Å². The van der Waals surface area contributed by atoms with E-state index in [9.17, 15) is 0 Å². The van der Waals surface area contributed by atoms with Crippen molar-refractivity contribution in [3.05, 3.63) is 29.6 Å². The van der Waals surface area contributed by atoms with Gasteiger partial charge in [0.15, 0.2) is 0 Å². The number of hydrogen-bond acceptors (Lipinski definition) is 3. The predicted octanol–water partition coefficient (Wildman–Crippen LogP) is 1.83. The molecule has 4 nitrogen and oxygen atoms in total. The maximum absolute atomic E-state index is 9.12. The topological polar surface area (TPSA) is 64.1 Å². The second-order valence-corrected chi connectivity index (χ2v) is 5.19. The van der Waals surface area contributed by atoms with Gasteiger partial charge in [-0.05, 0) is 30.5 Å². The number of nitrogens with zero attached hydrogens (tertiary/aromatic N) is 2. The summed E-state index contributed by atoms with van der Waals surface area (Å²) in [7, 11) is 2.07. The zero-order chi connectivity index (χ0) is 12.7. The van der Waals surface area contributed by atoms with Crippen molar-refractivity contribution in [3.63, 3.8) is 0 Å². The van der Waals surface area contributed by atoms with Gasteiger partial charge in [-0.2, -0.15) is 0 Å². The van der Waals surface area contributed by atoms with Gasteiger partial charge < -0.3 is 15.4 Å². The molecule has 1 aliphatic carbocycles. The van der Waals surface area contributed by atoms with Gasteiger partial charge >= 0.3 is 0 Å². The Kier molecular flexibility index (Phi) is 2.84. The molecule has 96 valence electrons. The van der Waals surface area contributed by atoms with Crippen LogP contribution < -0.4 is 5.73 Å². The van der Waals surface area contributed by atoms with Crippen molar-refractivity contribution in [1.82, 2.24) is 9.55 Å². The molecule has 1 atom stereocenters. The molecule has 3 N–H and O–H groups in total. The first-order valence-corrected chi connectivity index (χ1v) is 6.53. The summed E-state index contributed by atoms with van der Waals surface area (Å²) in [6, 6.07) is 5.70. The van der Waals surface area contributed by atoms with Crippen molar-refractivity contribution in [1.29, 1.82) is 0 Å². The SMILES string of the molecule is Cn1c(C2CCC2)nc2ccc(C(N)CO)cc21. The average Bonchev–Trinajstić information content (AvgIpc) is 2.64. The van der Waals surface area contributed by atoms with Crippen LogP contribution >= 0.6 is 0 Å². The molecule has 1 fully saturated rings. The number of aliphatic hydroxyl groups is 1. The molecule has 3 rings (SSSR count). The molecular formula is C14H19N3O. The van der Waals surface area contributed by atoms with Crippen LogP contribution in [-0.4, -0.2) is 21.3 Å². The highest BCUT2D eigenvalue weighted by Gasteiger charge is 2.24. The van der Waals surface area contributed by atoms with Crippen molar-refractivity contribution >= 4 is 11.0 Å². The van der Waals surface area contributed by atoms with Crippen molar-refractivity contribution in [3.8, 4) is 0 Å². The third-order valence-electron chi connectivity index (χ3n) is 4.03. The number of imidazole rings is 1. The Bertz CT molecular complexity index is 572. The van der Waals surface area contributed by atoms with Gasteiger partial charge in [0.1, 0.15) is 5.82 Å². The van der Waals surface area contributed by atoms with Crippen LogP contribution in [0.1, 0.15) is 42.6 Å². The molecule has 0 saturated heterocycles.